The first-order valence-electron chi connectivity index (χ1n) is 5.44. The fraction of sp³-hybridized carbons (Fsp3) is 0.417. The number of benzene rings is 1. The van der Waals surface area contributed by atoms with Crippen LogP contribution in [0.4, 0.5) is 17.6 Å². The van der Waals surface area contributed by atoms with Gasteiger partial charge in [0.25, 0.3) is 5.91 Å². The molecule has 0 fully saturated rings. The van der Waals surface area contributed by atoms with Crippen molar-refractivity contribution in [2.24, 2.45) is 5.73 Å². The third kappa shape index (κ3) is 4.51. The molecule has 0 aliphatic heterocycles. The first kappa shape index (κ1) is 15.4. The van der Waals surface area contributed by atoms with Gasteiger partial charge in [0, 0.05) is 17.6 Å². The van der Waals surface area contributed by atoms with Crippen molar-refractivity contribution in [3.8, 4) is 0 Å². The summed E-state index contributed by atoms with van der Waals surface area (Å²) in [5, 5.41) is 2.38. The van der Waals surface area contributed by atoms with Crippen LogP contribution in [0.1, 0.15) is 29.8 Å². The molecular weight excluding hydrogens is 264 g/mol. The smallest absolute Gasteiger partial charge is 0.350 e. The molecule has 0 saturated carbocycles. The van der Waals surface area contributed by atoms with Gasteiger partial charge in [0.15, 0.2) is 0 Å². The van der Waals surface area contributed by atoms with Crippen molar-refractivity contribution in [2.45, 2.75) is 25.6 Å². The zero-order valence-electron chi connectivity index (χ0n) is 10.4. The van der Waals surface area contributed by atoms with Crippen molar-refractivity contribution in [1.82, 2.24) is 5.32 Å². The average molecular weight is 278 g/mol. The maximum atomic E-state index is 13.0. The van der Waals surface area contributed by atoms with E-state index < -0.39 is 29.0 Å². The molecule has 106 valence electrons. The molecule has 0 unspecified atom stereocenters. The maximum absolute atomic E-state index is 13.0. The van der Waals surface area contributed by atoms with Crippen molar-refractivity contribution in [2.75, 3.05) is 6.54 Å². The second-order valence-corrected chi connectivity index (χ2v) is 4.86. The number of hydrogen-bond donors (Lipinski definition) is 2. The van der Waals surface area contributed by atoms with Crippen LogP contribution < -0.4 is 11.1 Å². The highest BCUT2D eigenvalue weighted by Crippen LogP contribution is 2.31. The summed E-state index contributed by atoms with van der Waals surface area (Å²) in [7, 11) is 0. The predicted octanol–water partition coefficient (Wildman–Crippen LogP) is 2.31. The first-order valence-corrected chi connectivity index (χ1v) is 5.44. The van der Waals surface area contributed by atoms with Gasteiger partial charge < -0.3 is 11.1 Å². The minimum atomic E-state index is -4.84. The molecule has 1 rings (SSSR count). The summed E-state index contributed by atoms with van der Waals surface area (Å²) in [6.45, 7) is 3.39. The molecule has 1 amide bonds. The van der Waals surface area contributed by atoms with Crippen LogP contribution in [0, 0.1) is 5.82 Å². The van der Waals surface area contributed by atoms with Gasteiger partial charge in [-0.05, 0) is 32.0 Å². The Labute approximate surface area is 107 Å². The number of carbonyl (C=O) groups is 1. The van der Waals surface area contributed by atoms with Crippen LogP contribution in [0.25, 0.3) is 0 Å². The summed E-state index contributed by atoms with van der Waals surface area (Å²) in [5.74, 6) is -2.15. The normalized spacial score (nSPS) is 12.4. The molecule has 0 aliphatic carbocycles. The molecule has 0 saturated heterocycles. The van der Waals surface area contributed by atoms with Crippen LogP contribution in [-0.2, 0) is 6.18 Å². The minimum Gasteiger partial charge on any atom is -0.350 e. The van der Waals surface area contributed by atoms with E-state index in [1.165, 1.54) is 0 Å². The SMILES string of the molecule is CC(C)(N)CNC(=O)c1ccc(F)c(C(F)(F)F)c1. The molecule has 0 bridgehead atoms. The molecular formula is C12H14F4N2O. The molecule has 3 nitrogen and oxygen atoms in total. The summed E-state index contributed by atoms with van der Waals surface area (Å²) in [6, 6.07) is 2.09. The van der Waals surface area contributed by atoms with E-state index in [0.717, 1.165) is 6.07 Å². The Morgan fingerprint density at radius 2 is 1.89 bits per heavy atom. The van der Waals surface area contributed by atoms with Crippen LogP contribution in [0.15, 0.2) is 18.2 Å². The standard InChI is InChI=1S/C12H14F4N2O/c1-11(2,17)6-18-10(19)7-3-4-9(13)8(5-7)12(14,15)16/h3-5H,6,17H2,1-2H3,(H,18,19). The summed E-state index contributed by atoms with van der Waals surface area (Å²) in [4.78, 5) is 11.6. The summed E-state index contributed by atoms with van der Waals surface area (Å²) < 4.78 is 50.5. The van der Waals surface area contributed by atoms with E-state index in [1.54, 1.807) is 13.8 Å². The minimum absolute atomic E-state index is 0.0879. The number of halogens is 4. The van der Waals surface area contributed by atoms with E-state index in [1.807, 2.05) is 0 Å². The number of alkyl halides is 3. The number of amides is 1. The Balaban J connectivity index is 2.94. The van der Waals surface area contributed by atoms with E-state index in [4.69, 9.17) is 5.73 Å². The molecule has 7 heteroatoms. The van der Waals surface area contributed by atoms with Crippen LogP contribution in [-0.4, -0.2) is 18.0 Å². The van der Waals surface area contributed by atoms with Gasteiger partial charge in [0.1, 0.15) is 5.82 Å². The number of hydrogen-bond acceptors (Lipinski definition) is 2. The summed E-state index contributed by atoms with van der Waals surface area (Å²) in [5.41, 5.74) is 3.21. The van der Waals surface area contributed by atoms with Gasteiger partial charge in [-0.2, -0.15) is 13.2 Å². The van der Waals surface area contributed by atoms with E-state index in [0.29, 0.717) is 12.1 Å². The quantitative estimate of drug-likeness (QED) is 0.834. The lowest BCUT2D eigenvalue weighted by Gasteiger charge is -2.19. The zero-order valence-corrected chi connectivity index (χ0v) is 10.4. The molecule has 0 aliphatic rings. The number of rotatable bonds is 3. The van der Waals surface area contributed by atoms with Crippen LogP contribution in [0.3, 0.4) is 0 Å². The van der Waals surface area contributed by atoms with E-state index in [-0.39, 0.29) is 12.1 Å². The van der Waals surface area contributed by atoms with E-state index >= 15 is 0 Å². The lowest BCUT2D eigenvalue weighted by molar-refractivity contribution is -0.140. The Bertz CT molecular complexity index is 478. The van der Waals surface area contributed by atoms with Crippen LogP contribution >= 0.6 is 0 Å². The van der Waals surface area contributed by atoms with Crippen molar-refractivity contribution >= 4 is 5.91 Å². The molecule has 0 aromatic heterocycles. The summed E-state index contributed by atoms with van der Waals surface area (Å²) >= 11 is 0. The van der Waals surface area contributed by atoms with E-state index in [9.17, 15) is 22.4 Å². The van der Waals surface area contributed by atoms with Gasteiger partial charge in [-0.25, -0.2) is 4.39 Å². The van der Waals surface area contributed by atoms with Gasteiger partial charge >= 0.3 is 6.18 Å². The third-order valence-corrected chi connectivity index (χ3v) is 2.24. The monoisotopic (exact) mass is 278 g/mol. The molecule has 3 N–H and O–H groups in total. The largest absolute Gasteiger partial charge is 0.419 e. The van der Waals surface area contributed by atoms with Crippen molar-refractivity contribution in [3.63, 3.8) is 0 Å². The molecule has 19 heavy (non-hydrogen) atoms. The molecule has 0 radical (unpaired) electrons. The zero-order chi connectivity index (χ0) is 14.8. The van der Waals surface area contributed by atoms with Gasteiger partial charge in [0.2, 0.25) is 0 Å². The highest BCUT2D eigenvalue weighted by atomic mass is 19.4. The van der Waals surface area contributed by atoms with Gasteiger partial charge in [-0.1, -0.05) is 0 Å². The Hall–Kier alpha value is -1.63. The maximum Gasteiger partial charge on any atom is 0.419 e. The topological polar surface area (TPSA) is 55.1 Å². The van der Waals surface area contributed by atoms with Crippen molar-refractivity contribution < 1.29 is 22.4 Å². The Morgan fingerprint density at radius 3 is 2.37 bits per heavy atom. The van der Waals surface area contributed by atoms with Crippen LogP contribution in [0.5, 0.6) is 0 Å². The van der Waals surface area contributed by atoms with Crippen molar-refractivity contribution in [1.29, 1.82) is 0 Å². The van der Waals surface area contributed by atoms with Crippen LogP contribution in [0.2, 0.25) is 0 Å². The third-order valence-electron chi connectivity index (χ3n) is 2.24. The average Bonchev–Trinajstić information content (AvgIpc) is 2.24. The van der Waals surface area contributed by atoms with E-state index in [2.05, 4.69) is 5.32 Å². The number of nitrogens with two attached hydrogens (primary N) is 1. The molecule has 1 aromatic carbocycles. The molecule has 0 atom stereocenters. The fourth-order valence-corrected chi connectivity index (χ4v) is 1.29. The van der Waals surface area contributed by atoms with Gasteiger partial charge in [0.05, 0.1) is 5.56 Å². The lowest BCUT2D eigenvalue weighted by atomic mass is 10.1. The van der Waals surface area contributed by atoms with Crippen molar-refractivity contribution in [3.05, 3.63) is 35.1 Å². The predicted molar refractivity (Wildman–Crippen MR) is 62.0 cm³/mol. The second-order valence-electron chi connectivity index (χ2n) is 4.86. The Morgan fingerprint density at radius 1 is 1.32 bits per heavy atom. The molecule has 0 heterocycles. The highest BCUT2D eigenvalue weighted by Gasteiger charge is 2.34. The second kappa shape index (κ2) is 5.16. The number of carbonyl (C=O) groups excluding carboxylic acids is 1. The van der Waals surface area contributed by atoms with Gasteiger partial charge in [-0.15, -0.1) is 0 Å². The molecule has 1 aromatic rings. The number of nitrogens with one attached hydrogen (secondary N) is 1. The lowest BCUT2D eigenvalue weighted by Crippen LogP contribution is -2.45. The first-order chi connectivity index (χ1) is 8.50. The van der Waals surface area contributed by atoms with Gasteiger partial charge in [-0.3, -0.25) is 4.79 Å². The Kier molecular flexibility index (Phi) is 4.19. The molecule has 0 spiro atoms. The fourth-order valence-electron chi connectivity index (χ4n) is 1.29. The summed E-state index contributed by atoms with van der Waals surface area (Å²) in [6.07, 6.45) is -4.84. The highest BCUT2D eigenvalue weighted by molar-refractivity contribution is 5.94.